The van der Waals surface area contributed by atoms with E-state index < -0.39 is 4.92 Å². The van der Waals surface area contributed by atoms with E-state index in [1.807, 2.05) is 0 Å². The summed E-state index contributed by atoms with van der Waals surface area (Å²) in [7, 11) is 1.36. The van der Waals surface area contributed by atoms with Crippen LogP contribution >= 0.6 is 0 Å². The third kappa shape index (κ3) is 1.87. The van der Waals surface area contributed by atoms with E-state index in [2.05, 4.69) is 15.2 Å². The van der Waals surface area contributed by atoms with Gasteiger partial charge in [0.05, 0.1) is 12.0 Å². The second-order valence-corrected chi connectivity index (χ2v) is 3.16. The van der Waals surface area contributed by atoms with Crippen molar-refractivity contribution in [2.45, 2.75) is 0 Å². The van der Waals surface area contributed by atoms with Crippen LogP contribution in [0.1, 0.15) is 0 Å². The van der Waals surface area contributed by atoms with Gasteiger partial charge in [-0.2, -0.15) is 4.98 Å². The molecule has 17 heavy (non-hydrogen) atoms. The summed E-state index contributed by atoms with van der Waals surface area (Å²) in [6.45, 7) is 0. The number of ether oxygens (including phenoxy) is 1. The van der Waals surface area contributed by atoms with Crippen molar-refractivity contribution in [1.29, 1.82) is 0 Å². The lowest BCUT2D eigenvalue weighted by molar-refractivity contribution is -0.385. The van der Waals surface area contributed by atoms with E-state index in [9.17, 15) is 10.1 Å². The van der Waals surface area contributed by atoms with Gasteiger partial charge >= 0.3 is 5.69 Å². The molecule has 0 amide bonds. The maximum absolute atomic E-state index is 11.0. The van der Waals surface area contributed by atoms with Crippen LogP contribution in [0, 0.1) is 10.1 Å². The van der Waals surface area contributed by atoms with Crippen LogP contribution < -0.4 is 10.5 Å². The molecule has 8 nitrogen and oxygen atoms in total. The molecule has 2 rings (SSSR count). The summed E-state index contributed by atoms with van der Waals surface area (Å²) in [5.41, 5.74) is 5.46. The van der Waals surface area contributed by atoms with Gasteiger partial charge in [0, 0.05) is 0 Å². The van der Waals surface area contributed by atoms with Crippen LogP contribution in [0.5, 0.6) is 5.75 Å². The zero-order chi connectivity index (χ0) is 12.4. The molecule has 3 N–H and O–H groups in total. The summed E-state index contributed by atoms with van der Waals surface area (Å²) in [5.74, 6) is 0.410. The molecule has 1 aromatic heterocycles. The Balaban J connectivity index is 2.65. The van der Waals surface area contributed by atoms with Gasteiger partial charge in [0.2, 0.25) is 5.95 Å². The zero-order valence-electron chi connectivity index (χ0n) is 8.88. The SMILES string of the molecule is COc1cccc(-c2nc(N)n[nH]2)c1[N+](=O)[O-]. The molecule has 0 spiro atoms. The van der Waals surface area contributed by atoms with Crippen LogP contribution in [0.4, 0.5) is 11.6 Å². The molecule has 0 unspecified atom stereocenters. The number of benzene rings is 1. The number of hydrogen-bond donors (Lipinski definition) is 2. The summed E-state index contributed by atoms with van der Waals surface area (Å²) in [6.07, 6.45) is 0. The lowest BCUT2D eigenvalue weighted by Crippen LogP contribution is -1.97. The first-order chi connectivity index (χ1) is 8.13. The van der Waals surface area contributed by atoms with Gasteiger partial charge in [-0.05, 0) is 12.1 Å². The van der Waals surface area contributed by atoms with Gasteiger partial charge in [-0.1, -0.05) is 6.07 Å². The van der Waals surface area contributed by atoms with Crippen LogP contribution in [0.3, 0.4) is 0 Å². The molecule has 0 atom stereocenters. The van der Waals surface area contributed by atoms with Gasteiger partial charge in [0.1, 0.15) is 5.56 Å². The first-order valence-corrected chi connectivity index (χ1v) is 4.63. The van der Waals surface area contributed by atoms with Crippen LogP contribution in [-0.4, -0.2) is 27.2 Å². The van der Waals surface area contributed by atoms with Crippen LogP contribution in [0.2, 0.25) is 0 Å². The standard InChI is InChI=1S/C9H9N5O3/c1-17-6-4-2-3-5(7(6)14(15)16)8-11-9(10)13-12-8/h2-4H,1H3,(H3,10,11,12,13). The number of para-hydroxylation sites is 1. The van der Waals surface area contributed by atoms with E-state index in [1.54, 1.807) is 12.1 Å². The normalized spacial score (nSPS) is 10.2. The highest BCUT2D eigenvalue weighted by Gasteiger charge is 2.23. The Morgan fingerprint density at radius 2 is 2.29 bits per heavy atom. The van der Waals surface area contributed by atoms with Crippen molar-refractivity contribution in [3.05, 3.63) is 28.3 Å². The fourth-order valence-electron chi connectivity index (χ4n) is 1.46. The fraction of sp³-hybridized carbons (Fsp3) is 0.111. The van der Waals surface area contributed by atoms with Crippen molar-refractivity contribution in [2.75, 3.05) is 12.8 Å². The van der Waals surface area contributed by atoms with Crippen molar-refractivity contribution in [3.8, 4) is 17.1 Å². The highest BCUT2D eigenvalue weighted by Crippen LogP contribution is 2.35. The largest absolute Gasteiger partial charge is 0.490 e. The maximum Gasteiger partial charge on any atom is 0.321 e. The number of nitrogens with zero attached hydrogens (tertiary/aromatic N) is 3. The Kier molecular flexibility index (Phi) is 2.61. The van der Waals surface area contributed by atoms with Crippen molar-refractivity contribution in [2.24, 2.45) is 0 Å². The Morgan fingerprint density at radius 1 is 1.53 bits per heavy atom. The van der Waals surface area contributed by atoms with Crippen LogP contribution in [-0.2, 0) is 0 Å². The van der Waals surface area contributed by atoms with Crippen molar-refractivity contribution in [3.63, 3.8) is 0 Å². The first kappa shape index (κ1) is 10.9. The Morgan fingerprint density at radius 3 is 2.82 bits per heavy atom. The van der Waals surface area contributed by atoms with Gasteiger partial charge in [-0.25, -0.2) is 0 Å². The number of nitro benzene ring substituents is 1. The molecule has 1 heterocycles. The summed E-state index contributed by atoms with van der Waals surface area (Å²) in [6, 6.07) is 4.67. The number of aromatic amines is 1. The molecule has 2 aromatic rings. The Labute approximate surface area is 95.6 Å². The number of nitrogen functional groups attached to an aromatic ring is 1. The molecule has 8 heteroatoms. The quantitative estimate of drug-likeness (QED) is 0.604. The smallest absolute Gasteiger partial charge is 0.321 e. The minimum Gasteiger partial charge on any atom is -0.490 e. The molecule has 0 aliphatic carbocycles. The van der Waals surface area contributed by atoms with Crippen LogP contribution in [0.15, 0.2) is 18.2 Å². The number of anilines is 1. The minimum absolute atomic E-state index is 0.0251. The molecule has 0 bridgehead atoms. The van der Waals surface area contributed by atoms with E-state index in [0.29, 0.717) is 0 Å². The number of H-pyrrole nitrogens is 1. The number of methoxy groups -OCH3 is 1. The van der Waals surface area contributed by atoms with E-state index in [1.165, 1.54) is 13.2 Å². The van der Waals surface area contributed by atoms with Gasteiger partial charge in [0.25, 0.3) is 0 Å². The van der Waals surface area contributed by atoms with Gasteiger partial charge in [-0.3, -0.25) is 15.2 Å². The summed E-state index contributed by atoms with van der Waals surface area (Å²) in [4.78, 5) is 14.3. The summed E-state index contributed by atoms with van der Waals surface area (Å²) >= 11 is 0. The number of nitrogens with one attached hydrogen (secondary N) is 1. The van der Waals surface area contributed by atoms with E-state index >= 15 is 0 Å². The van der Waals surface area contributed by atoms with Crippen molar-refractivity contribution in [1.82, 2.24) is 15.2 Å². The van der Waals surface area contributed by atoms with E-state index in [-0.39, 0.29) is 28.8 Å². The number of hydrogen-bond acceptors (Lipinski definition) is 6. The lowest BCUT2D eigenvalue weighted by atomic mass is 10.1. The van der Waals surface area contributed by atoms with E-state index in [4.69, 9.17) is 10.5 Å². The molecule has 0 saturated carbocycles. The number of rotatable bonds is 3. The number of nitro groups is 1. The molecular formula is C9H9N5O3. The highest BCUT2D eigenvalue weighted by molar-refractivity contribution is 5.73. The third-order valence-electron chi connectivity index (χ3n) is 2.16. The molecule has 0 radical (unpaired) electrons. The van der Waals surface area contributed by atoms with Gasteiger partial charge < -0.3 is 10.5 Å². The molecule has 0 saturated heterocycles. The summed E-state index contributed by atoms with van der Waals surface area (Å²) in [5, 5.41) is 17.2. The average molecular weight is 235 g/mol. The molecule has 88 valence electrons. The minimum atomic E-state index is -0.535. The summed E-state index contributed by atoms with van der Waals surface area (Å²) < 4.78 is 4.94. The molecular weight excluding hydrogens is 226 g/mol. The Hall–Kier alpha value is -2.64. The van der Waals surface area contributed by atoms with E-state index in [0.717, 1.165) is 0 Å². The average Bonchev–Trinajstić information content (AvgIpc) is 2.74. The highest BCUT2D eigenvalue weighted by atomic mass is 16.6. The Bertz CT molecular complexity index is 566. The third-order valence-corrected chi connectivity index (χ3v) is 2.16. The van der Waals surface area contributed by atoms with Crippen molar-refractivity contribution < 1.29 is 9.66 Å². The molecule has 1 aromatic carbocycles. The molecule has 0 aliphatic rings. The monoisotopic (exact) mass is 235 g/mol. The first-order valence-electron chi connectivity index (χ1n) is 4.63. The predicted molar refractivity (Wildman–Crippen MR) is 59.4 cm³/mol. The van der Waals surface area contributed by atoms with Crippen LogP contribution in [0.25, 0.3) is 11.4 Å². The zero-order valence-corrected chi connectivity index (χ0v) is 8.88. The molecule has 0 fully saturated rings. The second kappa shape index (κ2) is 4.08. The lowest BCUT2D eigenvalue weighted by Gasteiger charge is -2.04. The predicted octanol–water partition coefficient (Wildman–Crippen LogP) is 0.971. The number of aromatic nitrogens is 3. The van der Waals surface area contributed by atoms with Gasteiger partial charge in [0.15, 0.2) is 11.6 Å². The fourth-order valence-corrected chi connectivity index (χ4v) is 1.46. The van der Waals surface area contributed by atoms with Gasteiger partial charge in [-0.15, -0.1) is 5.10 Å². The maximum atomic E-state index is 11.0. The van der Waals surface area contributed by atoms with Crippen molar-refractivity contribution >= 4 is 11.6 Å². The number of nitrogens with two attached hydrogens (primary N) is 1. The molecule has 0 aliphatic heterocycles. The second-order valence-electron chi connectivity index (χ2n) is 3.16. The topological polar surface area (TPSA) is 120 Å².